The number of carbonyl (C=O) groups is 1. The molecule has 0 unspecified atom stereocenters. The highest BCUT2D eigenvalue weighted by molar-refractivity contribution is 5.95. The summed E-state index contributed by atoms with van der Waals surface area (Å²) in [5.41, 5.74) is 7.43. The van der Waals surface area contributed by atoms with Gasteiger partial charge in [-0.1, -0.05) is 35.5 Å². The first-order valence-electron chi connectivity index (χ1n) is 11.4. The van der Waals surface area contributed by atoms with Crippen molar-refractivity contribution in [3.8, 4) is 0 Å². The standard InChI is InChI=1S/C24H29N5O5/c1-15-19(16(2)34-27-15)10-11-20(30)28(14-18-9-6-12-33-18)21-22(25)29(24(32)26-23(21)31)13-17-7-4-3-5-8-17/h3-5,7-8,18H,6,9-14,25H2,1-2H3,(H,26,31,32)/t18-/m1/s1. The van der Waals surface area contributed by atoms with Crippen LogP contribution in [-0.2, 0) is 22.5 Å². The van der Waals surface area contributed by atoms with Gasteiger partial charge in [0.05, 0.1) is 24.9 Å². The van der Waals surface area contributed by atoms with Crippen LogP contribution in [0.2, 0.25) is 0 Å². The summed E-state index contributed by atoms with van der Waals surface area (Å²) in [4.78, 5) is 42.6. The highest BCUT2D eigenvalue weighted by Crippen LogP contribution is 2.23. The van der Waals surface area contributed by atoms with Crippen LogP contribution in [0.15, 0.2) is 44.4 Å². The molecule has 1 saturated heterocycles. The van der Waals surface area contributed by atoms with Crippen LogP contribution >= 0.6 is 0 Å². The van der Waals surface area contributed by atoms with Gasteiger partial charge in [-0.25, -0.2) is 4.79 Å². The molecule has 1 aromatic carbocycles. The summed E-state index contributed by atoms with van der Waals surface area (Å²) in [5.74, 6) is 0.309. The van der Waals surface area contributed by atoms with Crippen molar-refractivity contribution in [1.29, 1.82) is 0 Å². The molecule has 1 aliphatic heterocycles. The molecular weight excluding hydrogens is 438 g/mol. The molecule has 10 nitrogen and oxygen atoms in total. The van der Waals surface area contributed by atoms with E-state index >= 15 is 0 Å². The van der Waals surface area contributed by atoms with Crippen molar-refractivity contribution < 1.29 is 14.1 Å². The Bertz CT molecular complexity index is 1250. The van der Waals surface area contributed by atoms with E-state index in [0.29, 0.717) is 18.8 Å². The second kappa shape index (κ2) is 10.1. The fourth-order valence-electron chi connectivity index (χ4n) is 4.30. The van der Waals surface area contributed by atoms with Crippen LogP contribution in [0.1, 0.15) is 41.8 Å². The number of nitrogens with one attached hydrogen (secondary N) is 1. The zero-order valence-corrected chi connectivity index (χ0v) is 19.4. The van der Waals surface area contributed by atoms with Crippen molar-refractivity contribution in [3.05, 3.63) is 73.8 Å². The second-order valence-electron chi connectivity index (χ2n) is 8.51. The number of nitrogens with two attached hydrogens (primary N) is 1. The molecule has 180 valence electrons. The Morgan fingerprint density at radius 2 is 2.03 bits per heavy atom. The first-order chi connectivity index (χ1) is 16.3. The number of nitrogen functional groups attached to an aromatic ring is 1. The Labute approximate surface area is 196 Å². The molecule has 3 aromatic rings. The molecule has 0 bridgehead atoms. The molecule has 3 N–H and O–H groups in total. The molecule has 0 spiro atoms. The summed E-state index contributed by atoms with van der Waals surface area (Å²) < 4.78 is 12.2. The number of aromatic nitrogens is 3. The van der Waals surface area contributed by atoms with E-state index in [1.54, 1.807) is 6.92 Å². The molecule has 2 aromatic heterocycles. The van der Waals surface area contributed by atoms with Gasteiger partial charge < -0.3 is 19.9 Å². The molecule has 1 aliphatic rings. The Balaban J connectivity index is 1.68. The van der Waals surface area contributed by atoms with Crippen LogP contribution in [0.3, 0.4) is 0 Å². The van der Waals surface area contributed by atoms with Crippen LogP contribution in [0, 0.1) is 13.8 Å². The van der Waals surface area contributed by atoms with Crippen LogP contribution in [-0.4, -0.2) is 39.9 Å². The number of H-pyrrole nitrogens is 1. The number of nitrogens with zero attached hydrogens (tertiary/aromatic N) is 3. The second-order valence-corrected chi connectivity index (χ2v) is 8.51. The number of hydrogen-bond donors (Lipinski definition) is 2. The molecule has 0 aliphatic carbocycles. The van der Waals surface area contributed by atoms with Gasteiger partial charge in [-0.05, 0) is 38.7 Å². The lowest BCUT2D eigenvalue weighted by atomic mass is 10.1. The Hall–Kier alpha value is -3.66. The maximum atomic E-state index is 13.4. The SMILES string of the molecule is Cc1noc(C)c1CCC(=O)N(C[C@H]1CCCO1)c1c(N)n(Cc2ccccc2)c(=O)[nH]c1=O. The Kier molecular flexibility index (Phi) is 6.97. The van der Waals surface area contributed by atoms with Crippen molar-refractivity contribution in [2.75, 3.05) is 23.8 Å². The number of aryl methyl sites for hydroxylation is 2. The molecule has 3 heterocycles. The minimum Gasteiger partial charge on any atom is -0.383 e. The van der Waals surface area contributed by atoms with E-state index in [1.165, 1.54) is 9.47 Å². The molecule has 10 heteroatoms. The maximum Gasteiger partial charge on any atom is 0.330 e. The molecule has 1 amide bonds. The first kappa shape index (κ1) is 23.5. The summed E-state index contributed by atoms with van der Waals surface area (Å²) >= 11 is 0. The van der Waals surface area contributed by atoms with Gasteiger partial charge in [-0.15, -0.1) is 0 Å². The van der Waals surface area contributed by atoms with Gasteiger partial charge in [-0.2, -0.15) is 0 Å². The lowest BCUT2D eigenvalue weighted by molar-refractivity contribution is -0.119. The quantitative estimate of drug-likeness (QED) is 0.516. The van der Waals surface area contributed by atoms with Gasteiger partial charge in [0.15, 0.2) is 5.69 Å². The molecule has 4 rings (SSSR count). The van der Waals surface area contributed by atoms with E-state index in [4.69, 9.17) is 15.0 Å². The third-order valence-electron chi connectivity index (χ3n) is 6.15. The average molecular weight is 468 g/mol. The number of amides is 1. The normalized spacial score (nSPS) is 15.5. The van der Waals surface area contributed by atoms with E-state index < -0.39 is 11.2 Å². The van der Waals surface area contributed by atoms with E-state index in [1.807, 2.05) is 37.3 Å². The van der Waals surface area contributed by atoms with Gasteiger partial charge in [0.1, 0.15) is 11.6 Å². The number of aromatic amines is 1. The van der Waals surface area contributed by atoms with E-state index in [0.717, 1.165) is 29.7 Å². The van der Waals surface area contributed by atoms with Gasteiger partial charge in [0, 0.05) is 18.6 Å². The maximum absolute atomic E-state index is 13.4. The predicted octanol–water partition coefficient (Wildman–Crippen LogP) is 1.92. The average Bonchev–Trinajstić information content (AvgIpc) is 3.44. The summed E-state index contributed by atoms with van der Waals surface area (Å²) in [7, 11) is 0. The third-order valence-corrected chi connectivity index (χ3v) is 6.15. The smallest absolute Gasteiger partial charge is 0.330 e. The van der Waals surface area contributed by atoms with Crippen LogP contribution in [0.5, 0.6) is 0 Å². The fourth-order valence-corrected chi connectivity index (χ4v) is 4.30. The summed E-state index contributed by atoms with van der Waals surface area (Å²) in [5, 5.41) is 3.94. The molecule has 1 fully saturated rings. The van der Waals surface area contributed by atoms with Gasteiger partial charge >= 0.3 is 5.69 Å². The summed E-state index contributed by atoms with van der Waals surface area (Å²) in [6.07, 6.45) is 1.96. The van der Waals surface area contributed by atoms with Crippen molar-refractivity contribution in [2.24, 2.45) is 0 Å². The van der Waals surface area contributed by atoms with Gasteiger partial charge in [-0.3, -0.25) is 19.1 Å². The molecule has 1 atom stereocenters. The van der Waals surface area contributed by atoms with Gasteiger partial charge in [0.2, 0.25) is 5.91 Å². The zero-order valence-electron chi connectivity index (χ0n) is 19.4. The van der Waals surface area contributed by atoms with Crippen molar-refractivity contribution in [2.45, 2.75) is 52.2 Å². The lowest BCUT2D eigenvalue weighted by Gasteiger charge is -2.27. The number of benzene rings is 1. The lowest BCUT2D eigenvalue weighted by Crippen LogP contribution is -2.44. The number of rotatable bonds is 8. The molecule has 0 radical (unpaired) electrons. The monoisotopic (exact) mass is 467 g/mol. The van der Waals surface area contributed by atoms with Crippen LogP contribution in [0.4, 0.5) is 11.5 Å². The molecular formula is C24H29N5O5. The summed E-state index contributed by atoms with van der Waals surface area (Å²) in [6.45, 7) is 4.56. The fraction of sp³-hybridized carbons (Fsp3) is 0.417. The van der Waals surface area contributed by atoms with Crippen molar-refractivity contribution in [3.63, 3.8) is 0 Å². The topological polar surface area (TPSA) is 136 Å². The van der Waals surface area contributed by atoms with Crippen molar-refractivity contribution in [1.82, 2.24) is 14.7 Å². The van der Waals surface area contributed by atoms with Gasteiger partial charge in [0.25, 0.3) is 5.56 Å². The Morgan fingerprint density at radius 3 is 2.68 bits per heavy atom. The van der Waals surface area contributed by atoms with Crippen LogP contribution in [0.25, 0.3) is 0 Å². The number of hydrogen-bond acceptors (Lipinski definition) is 7. The summed E-state index contributed by atoms with van der Waals surface area (Å²) in [6, 6.07) is 9.29. The largest absolute Gasteiger partial charge is 0.383 e. The third kappa shape index (κ3) is 4.96. The van der Waals surface area contributed by atoms with E-state index in [2.05, 4.69) is 10.1 Å². The number of anilines is 2. The molecule has 34 heavy (non-hydrogen) atoms. The highest BCUT2D eigenvalue weighted by atomic mass is 16.5. The number of ether oxygens (including phenoxy) is 1. The first-order valence-corrected chi connectivity index (χ1v) is 11.4. The van der Waals surface area contributed by atoms with E-state index in [9.17, 15) is 14.4 Å². The van der Waals surface area contributed by atoms with Crippen molar-refractivity contribution >= 4 is 17.4 Å². The zero-order chi connectivity index (χ0) is 24.2. The highest BCUT2D eigenvalue weighted by Gasteiger charge is 2.29. The minimum absolute atomic E-state index is 0.0326. The minimum atomic E-state index is -0.699. The molecule has 0 saturated carbocycles. The van der Waals surface area contributed by atoms with Crippen LogP contribution < -0.4 is 21.9 Å². The predicted molar refractivity (Wildman–Crippen MR) is 127 cm³/mol. The van der Waals surface area contributed by atoms with E-state index in [-0.39, 0.29) is 43.0 Å². The number of carbonyl (C=O) groups excluding carboxylic acids is 1. The Morgan fingerprint density at radius 1 is 1.26 bits per heavy atom.